The van der Waals surface area contributed by atoms with Crippen molar-refractivity contribution in [1.82, 2.24) is 9.13 Å². The zero-order chi connectivity index (χ0) is 82.0. The van der Waals surface area contributed by atoms with Crippen LogP contribution in [0.1, 0.15) is 25.0 Å². The zero-order valence-electron chi connectivity index (χ0n) is 68.7. The number of rotatable bonds is 17. The van der Waals surface area contributed by atoms with Crippen LogP contribution in [-0.2, 0) is 5.41 Å². The summed E-state index contributed by atoms with van der Waals surface area (Å²) in [5, 5.41) is 8.52. The fourth-order valence-corrected chi connectivity index (χ4v) is 19.8. The molecule has 0 saturated heterocycles. The molecule has 0 atom stereocenters. The second kappa shape index (κ2) is 30.9. The zero-order valence-corrected chi connectivity index (χ0v) is 69.7. The highest BCUT2D eigenvalue weighted by molar-refractivity contribution is 6.88. The van der Waals surface area contributed by atoms with Gasteiger partial charge >= 0.3 is 0 Å². The molecule has 22 rings (SSSR count). The van der Waals surface area contributed by atoms with Crippen molar-refractivity contribution < 1.29 is 4.42 Å². The summed E-state index contributed by atoms with van der Waals surface area (Å²) in [6.45, 7) is 12.2. The number of nitrogens with zero attached hydrogens (tertiary/aromatic N) is 6. The lowest BCUT2D eigenvalue weighted by atomic mass is 9.80. The monoisotopic (exact) mass is 1580 g/mol. The SMILES string of the molecule is CC1(C)c2ccc([Si](C)(C)C)cc2-c2ccc3c(c21)c1cc(N(c2ccccc2)c2ccccc2)ccc1n3-c1ccc(N(c2ccccc2)c2ccccc2)cc1.c1ccc(-c2ccc(N(c3ccc(-c4ccccc4)cc3)c3ccc(-n4c5ccc(N(c6ccccc6)c6ccccc6)cc5c5c6oc7ccccc7c6ccc54)cc3)cc2)cc1. The molecule has 0 N–H and O–H groups in total. The second-order valence-corrected chi connectivity index (χ2v) is 38.3. The van der Waals surface area contributed by atoms with Crippen molar-refractivity contribution in [2.45, 2.75) is 38.9 Å². The molecule has 0 amide bonds. The molecule has 0 radical (unpaired) electrons. The van der Waals surface area contributed by atoms with Crippen molar-refractivity contribution in [3.05, 3.63) is 454 Å². The average molecular weight is 1590 g/mol. The summed E-state index contributed by atoms with van der Waals surface area (Å²) in [7, 11) is -1.54. The maximum Gasteiger partial charge on any atom is 0.145 e. The average Bonchev–Trinajstić information content (AvgIpc) is 1.52. The quantitative estimate of drug-likeness (QED) is 0.0849. The highest BCUT2D eigenvalue weighted by Gasteiger charge is 2.40. The number of anilines is 12. The van der Waals surface area contributed by atoms with Crippen LogP contribution in [0.15, 0.2) is 447 Å². The molecule has 122 heavy (non-hydrogen) atoms. The van der Waals surface area contributed by atoms with E-state index in [1.165, 1.54) is 71.5 Å². The number of fused-ring (bicyclic) bond motifs is 14. The van der Waals surface area contributed by atoms with Crippen molar-refractivity contribution in [1.29, 1.82) is 0 Å². The molecule has 0 aliphatic heterocycles. The minimum atomic E-state index is -1.54. The molecule has 0 bridgehead atoms. The lowest BCUT2D eigenvalue weighted by molar-refractivity contribution is 0.666. The van der Waals surface area contributed by atoms with Crippen molar-refractivity contribution in [3.8, 4) is 44.8 Å². The first-order valence-electron chi connectivity index (χ1n) is 42.1. The standard InChI is InChI=1S/C60H41N3O.C54H47N3Si/c1-5-15-42(16-6-1)44-25-29-48(30-26-44)61(49-31-27-45(28-32-49)43-17-7-2-8-18-43)50-33-35-51(36-34-50)63-56-39-37-52(62(46-19-9-3-10-20-46)47-21-11-4-12-22-47)41-55(56)59-57(63)40-38-54-53-23-13-14-24-58(53)64-60(54)59;1-54(2)49-33-31-45(58(3,4)5)37-47(49)46-32-35-51-52(53(46)54)48-36-44(56(40-22-14-8-15-23-40)41-24-16-9-17-25-41)30-34-50(48)57(51)43-28-26-42(27-29-43)55(38-18-10-6-11-19-38)39-20-12-7-13-21-39/h1-41H;6-37H,1-5H3. The summed E-state index contributed by atoms with van der Waals surface area (Å²) in [5.74, 6) is 0. The largest absolute Gasteiger partial charge is 0.455 e. The maximum atomic E-state index is 6.78. The normalized spacial score (nSPS) is 12.2. The lowest BCUT2D eigenvalue weighted by Gasteiger charge is -2.26. The number of hydrogen-bond acceptors (Lipinski definition) is 5. The molecule has 7 nitrogen and oxygen atoms in total. The molecule has 1 aliphatic carbocycles. The van der Waals surface area contributed by atoms with Crippen molar-refractivity contribution >= 4 is 147 Å². The number of furan rings is 1. The van der Waals surface area contributed by atoms with E-state index in [9.17, 15) is 0 Å². The molecule has 0 spiro atoms. The molecule has 0 saturated carbocycles. The van der Waals surface area contributed by atoms with Crippen LogP contribution in [0.4, 0.5) is 68.2 Å². The van der Waals surface area contributed by atoms with Gasteiger partial charge in [0.15, 0.2) is 0 Å². The third-order valence-corrected chi connectivity index (χ3v) is 26.5. The highest BCUT2D eigenvalue weighted by Crippen LogP contribution is 2.55. The summed E-state index contributed by atoms with van der Waals surface area (Å²) in [4.78, 5) is 9.36. The van der Waals surface area contributed by atoms with Crippen molar-refractivity contribution in [2.24, 2.45) is 0 Å². The summed E-state index contributed by atoms with van der Waals surface area (Å²) in [6, 6.07) is 160. The van der Waals surface area contributed by atoms with Gasteiger partial charge in [-0.3, -0.25) is 0 Å². The van der Waals surface area contributed by atoms with Gasteiger partial charge in [0.05, 0.1) is 35.5 Å². The first kappa shape index (κ1) is 74.3. The molecular formula is C114H88N6OSi. The van der Waals surface area contributed by atoms with Gasteiger partial charge in [-0.05, 0) is 251 Å². The van der Waals surface area contributed by atoms with Crippen LogP contribution in [0, 0.1) is 0 Å². The Morgan fingerprint density at radius 2 is 0.566 bits per heavy atom. The van der Waals surface area contributed by atoms with Gasteiger partial charge in [0.1, 0.15) is 11.2 Å². The van der Waals surface area contributed by atoms with Crippen LogP contribution < -0.4 is 24.8 Å². The predicted molar refractivity (Wildman–Crippen MR) is 519 cm³/mol. The molecule has 3 heterocycles. The fourth-order valence-electron chi connectivity index (χ4n) is 18.6. The Morgan fingerprint density at radius 1 is 0.246 bits per heavy atom. The molecular weight excluding hydrogens is 1500 g/mol. The van der Waals surface area contributed by atoms with Crippen LogP contribution in [0.2, 0.25) is 19.6 Å². The number of para-hydroxylation sites is 7. The number of aromatic nitrogens is 2. The third-order valence-electron chi connectivity index (χ3n) is 24.4. The van der Waals surface area contributed by atoms with Gasteiger partial charge in [0, 0.05) is 112 Å². The maximum absolute atomic E-state index is 6.78. The van der Waals surface area contributed by atoms with Crippen LogP contribution in [0.25, 0.3) is 110 Å². The van der Waals surface area contributed by atoms with E-state index in [0.717, 1.165) is 123 Å². The molecule has 0 fully saturated rings. The van der Waals surface area contributed by atoms with Gasteiger partial charge in [-0.25, -0.2) is 0 Å². The first-order valence-corrected chi connectivity index (χ1v) is 45.6. The molecule has 1 aliphatic rings. The van der Waals surface area contributed by atoms with E-state index in [2.05, 4.69) is 499 Å². The van der Waals surface area contributed by atoms with Gasteiger partial charge < -0.3 is 33.2 Å². The Bertz CT molecular complexity index is 7180. The summed E-state index contributed by atoms with van der Waals surface area (Å²) in [6.07, 6.45) is 0. The van der Waals surface area contributed by atoms with Crippen LogP contribution >= 0.6 is 0 Å². The third kappa shape index (κ3) is 13.3. The minimum absolute atomic E-state index is 0.189. The van der Waals surface area contributed by atoms with Gasteiger partial charge in [0.2, 0.25) is 0 Å². The van der Waals surface area contributed by atoms with E-state index in [0.29, 0.717) is 0 Å². The minimum Gasteiger partial charge on any atom is -0.455 e. The molecule has 21 aromatic rings. The van der Waals surface area contributed by atoms with Crippen LogP contribution in [0.3, 0.4) is 0 Å². The molecule has 8 heteroatoms. The van der Waals surface area contributed by atoms with E-state index in [4.69, 9.17) is 4.42 Å². The molecule has 584 valence electrons. The van der Waals surface area contributed by atoms with E-state index < -0.39 is 8.07 Å². The van der Waals surface area contributed by atoms with E-state index in [-0.39, 0.29) is 5.41 Å². The Morgan fingerprint density at radius 3 is 0.975 bits per heavy atom. The topological polar surface area (TPSA) is 36.0 Å². The van der Waals surface area contributed by atoms with Crippen molar-refractivity contribution in [2.75, 3.05) is 19.6 Å². The Labute approximate surface area is 713 Å². The van der Waals surface area contributed by atoms with Gasteiger partial charge in [-0.1, -0.05) is 275 Å². The Hall–Kier alpha value is -15.2. The summed E-state index contributed by atoms with van der Waals surface area (Å²) in [5.41, 5.74) is 32.0. The number of benzene rings is 18. The van der Waals surface area contributed by atoms with E-state index in [1.807, 2.05) is 6.07 Å². The van der Waals surface area contributed by atoms with Gasteiger partial charge in [-0.15, -0.1) is 0 Å². The van der Waals surface area contributed by atoms with Crippen LogP contribution in [0.5, 0.6) is 0 Å². The summed E-state index contributed by atoms with van der Waals surface area (Å²) >= 11 is 0. The van der Waals surface area contributed by atoms with E-state index in [1.54, 1.807) is 0 Å². The predicted octanol–water partition coefficient (Wildman–Crippen LogP) is 31.5. The lowest BCUT2D eigenvalue weighted by Crippen LogP contribution is -2.37. The van der Waals surface area contributed by atoms with Gasteiger partial charge in [0.25, 0.3) is 0 Å². The molecule has 18 aromatic carbocycles. The smallest absolute Gasteiger partial charge is 0.145 e. The fraction of sp³-hybridized carbons (Fsp3) is 0.0526. The first-order chi connectivity index (χ1) is 59.9. The van der Waals surface area contributed by atoms with Crippen LogP contribution in [-0.4, -0.2) is 17.2 Å². The molecule has 3 aromatic heterocycles. The highest BCUT2D eigenvalue weighted by atomic mass is 28.3. The van der Waals surface area contributed by atoms with Crippen molar-refractivity contribution in [3.63, 3.8) is 0 Å². The Kier molecular flexibility index (Phi) is 18.8. The summed E-state index contributed by atoms with van der Waals surface area (Å²) < 4.78 is 11.6. The van der Waals surface area contributed by atoms with Gasteiger partial charge in [-0.2, -0.15) is 0 Å². The second-order valence-electron chi connectivity index (χ2n) is 33.2. The van der Waals surface area contributed by atoms with E-state index >= 15 is 0 Å². The Balaban J connectivity index is 0.000000151. The number of hydrogen-bond donors (Lipinski definition) is 0. The molecule has 0 unspecified atom stereocenters.